The smallest absolute Gasteiger partial charge is 0.223 e. The average Bonchev–Trinajstić information content (AvgIpc) is 2.86. The number of carbonyl (C=O) groups excluding carboxylic acids is 1. The Morgan fingerprint density at radius 3 is 2.83 bits per heavy atom. The molecular formula is C19H27ClN2O2. The van der Waals surface area contributed by atoms with Crippen molar-refractivity contribution in [3.63, 3.8) is 0 Å². The lowest BCUT2D eigenvalue weighted by atomic mass is 9.89. The van der Waals surface area contributed by atoms with Crippen LogP contribution in [0.3, 0.4) is 0 Å². The molecule has 24 heavy (non-hydrogen) atoms. The van der Waals surface area contributed by atoms with E-state index in [0.717, 1.165) is 44.5 Å². The van der Waals surface area contributed by atoms with Crippen molar-refractivity contribution in [3.05, 3.63) is 28.3 Å². The number of hydrogen-bond acceptors (Lipinski definition) is 3. The molecule has 2 N–H and O–H groups in total. The van der Waals surface area contributed by atoms with E-state index in [1.165, 1.54) is 30.4 Å². The first-order chi connectivity index (χ1) is 11.8. The normalized spacial score (nSPS) is 18.5. The Kier molecular flexibility index (Phi) is 6.38. The van der Waals surface area contributed by atoms with E-state index < -0.39 is 0 Å². The molecule has 0 unspecified atom stereocenters. The molecule has 1 saturated carbocycles. The first-order valence-corrected chi connectivity index (χ1v) is 9.55. The van der Waals surface area contributed by atoms with E-state index >= 15 is 0 Å². The van der Waals surface area contributed by atoms with Crippen molar-refractivity contribution < 1.29 is 9.53 Å². The second-order valence-corrected chi connectivity index (χ2v) is 7.15. The molecule has 1 aliphatic heterocycles. The number of halogens is 1. The van der Waals surface area contributed by atoms with Crippen LogP contribution in [0.25, 0.3) is 0 Å². The Labute approximate surface area is 149 Å². The Morgan fingerprint density at radius 1 is 1.21 bits per heavy atom. The highest BCUT2D eigenvalue weighted by molar-refractivity contribution is 6.32. The van der Waals surface area contributed by atoms with Gasteiger partial charge in [-0.25, -0.2) is 0 Å². The van der Waals surface area contributed by atoms with Crippen LogP contribution in [0.1, 0.15) is 43.2 Å². The van der Waals surface area contributed by atoms with Gasteiger partial charge in [0, 0.05) is 11.5 Å². The van der Waals surface area contributed by atoms with Crippen molar-refractivity contribution in [1.82, 2.24) is 10.6 Å². The maximum Gasteiger partial charge on any atom is 0.223 e. The summed E-state index contributed by atoms with van der Waals surface area (Å²) in [4.78, 5) is 12.2. The number of rotatable bonds is 5. The second-order valence-electron chi connectivity index (χ2n) is 6.74. The van der Waals surface area contributed by atoms with Gasteiger partial charge in [-0.15, -0.1) is 0 Å². The topological polar surface area (TPSA) is 50.4 Å². The molecule has 1 heterocycles. The molecule has 4 nitrogen and oxygen atoms in total. The fraction of sp³-hybridized carbons (Fsp3) is 0.632. The number of hydrogen-bond donors (Lipinski definition) is 2. The molecule has 2 aliphatic rings. The third-order valence-electron chi connectivity index (χ3n) is 5.06. The summed E-state index contributed by atoms with van der Waals surface area (Å²) < 4.78 is 5.95. The predicted molar refractivity (Wildman–Crippen MR) is 96.8 cm³/mol. The zero-order chi connectivity index (χ0) is 16.8. The molecule has 1 aromatic carbocycles. The molecule has 1 aliphatic carbocycles. The van der Waals surface area contributed by atoms with Crippen LogP contribution < -0.4 is 15.4 Å². The Balaban J connectivity index is 1.52. The van der Waals surface area contributed by atoms with Gasteiger partial charge in [-0.05, 0) is 50.4 Å². The largest absolute Gasteiger partial charge is 0.490 e. The Morgan fingerprint density at radius 2 is 2.00 bits per heavy atom. The van der Waals surface area contributed by atoms with E-state index in [-0.39, 0.29) is 11.8 Å². The van der Waals surface area contributed by atoms with Crippen LogP contribution in [0.15, 0.2) is 12.1 Å². The minimum atomic E-state index is 0.181. The van der Waals surface area contributed by atoms with Gasteiger partial charge >= 0.3 is 0 Å². The third-order valence-corrected chi connectivity index (χ3v) is 5.35. The highest BCUT2D eigenvalue weighted by Gasteiger charge is 2.21. The summed E-state index contributed by atoms with van der Waals surface area (Å²) in [5, 5.41) is 7.08. The van der Waals surface area contributed by atoms with Gasteiger partial charge in [0.1, 0.15) is 12.4 Å². The fourth-order valence-electron chi connectivity index (χ4n) is 3.70. The summed E-state index contributed by atoms with van der Waals surface area (Å²) in [6.07, 6.45) is 7.60. The number of benzene rings is 1. The molecule has 0 bridgehead atoms. The zero-order valence-electron chi connectivity index (χ0n) is 14.2. The summed E-state index contributed by atoms with van der Waals surface area (Å²) in [7, 11) is 0. The number of fused-ring (bicyclic) bond motifs is 1. The molecule has 1 fully saturated rings. The molecular weight excluding hydrogens is 324 g/mol. The van der Waals surface area contributed by atoms with Crippen molar-refractivity contribution in [2.75, 3.05) is 26.2 Å². The van der Waals surface area contributed by atoms with E-state index in [1.54, 1.807) is 0 Å². The maximum absolute atomic E-state index is 12.2. The Hall–Kier alpha value is -1.26. The van der Waals surface area contributed by atoms with Crippen LogP contribution in [-0.4, -0.2) is 32.1 Å². The predicted octanol–water partition coefficient (Wildman–Crippen LogP) is 3.10. The molecule has 0 aromatic heterocycles. The number of amides is 1. The van der Waals surface area contributed by atoms with Gasteiger partial charge in [-0.1, -0.05) is 36.9 Å². The first-order valence-electron chi connectivity index (χ1n) is 9.17. The standard InChI is InChI=1S/C19H27ClN2O2/c20-17-7-6-14-8-10-21-11-9-16(14)18(17)24-13-12-22-19(23)15-4-2-1-3-5-15/h6-7,15,21H,1-5,8-13H2,(H,22,23). The van der Waals surface area contributed by atoms with Crippen LogP contribution in [0.4, 0.5) is 0 Å². The second kappa shape index (κ2) is 8.72. The lowest BCUT2D eigenvalue weighted by Gasteiger charge is -2.21. The highest BCUT2D eigenvalue weighted by atomic mass is 35.5. The van der Waals surface area contributed by atoms with Gasteiger partial charge < -0.3 is 15.4 Å². The van der Waals surface area contributed by atoms with E-state index in [2.05, 4.69) is 16.7 Å². The summed E-state index contributed by atoms with van der Waals surface area (Å²) in [5.41, 5.74) is 2.52. The third kappa shape index (κ3) is 4.42. The Bertz CT molecular complexity index is 571. The number of nitrogens with one attached hydrogen (secondary N) is 2. The molecule has 0 atom stereocenters. The highest BCUT2D eigenvalue weighted by Crippen LogP contribution is 2.32. The lowest BCUT2D eigenvalue weighted by molar-refractivity contribution is -0.126. The molecule has 0 spiro atoms. The quantitative estimate of drug-likeness (QED) is 0.802. The van der Waals surface area contributed by atoms with Crippen LogP contribution in [-0.2, 0) is 17.6 Å². The molecule has 1 aromatic rings. The van der Waals surface area contributed by atoms with Crippen molar-refractivity contribution in [3.8, 4) is 5.75 Å². The van der Waals surface area contributed by atoms with Crippen LogP contribution in [0, 0.1) is 5.92 Å². The van der Waals surface area contributed by atoms with Gasteiger partial charge in [0.2, 0.25) is 5.91 Å². The van der Waals surface area contributed by atoms with Crippen molar-refractivity contribution >= 4 is 17.5 Å². The average molecular weight is 351 g/mol. The van der Waals surface area contributed by atoms with Crippen LogP contribution in [0.2, 0.25) is 5.02 Å². The molecule has 0 saturated heterocycles. The minimum Gasteiger partial charge on any atom is -0.490 e. The summed E-state index contributed by atoms with van der Waals surface area (Å²) in [6, 6.07) is 4.02. The SMILES string of the molecule is O=C(NCCOc1c(Cl)ccc2c1CCNCC2)C1CCCCC1. The summed E-state index contributed by atoms with van der Waals surface area (Å²) >= 11 is 6.34. The van der Waals surface area contributed by atoms with Crippen LogP contribution in [0.5, 0.6) is 5.75 Å². The molecule has 0 radical (unpaired) electrons. The molecule has 1 amide bonds. The van der Waals surface area contributed by atoms with Crippen molar-refractivity contribution in [2.45, 2.75) is 44.9 Å². The van der Waals surface area contributed by atoms with Crippen LogP contribution >= 0.6 is 11.6 Å². The summed E-state index contributed by atoms with van der Waals surface area (Å²) in [6.45, 7) is 2.93. The van der Waals surface area contributed by atoms with Crippen molar-refractivity contribution in [2.24, 2.45) is 5.92 Å². The zero-order valence-corrected chi connectivity index (χ0v) is 15.0. The van der Waals surface area contributed by atoms with E-state index in [1.807, 2.05) is 6.07 Å². The number of ether oxygens (including phenoxy) is 1. The van der Waals surface area contributed by atoms with Gasteiger partial charge in [-0.2, -0.15) is 0 Å². The van der Waals surface area contributed by atoms with Gasteiger partial charge in [0.25, 0.3) is 0 Å². The van der Waals surface area contributed by atoms with E-state index in [4.69, 9.17) is 16.3 Å². The van der Waals surface area contributed by atoms with Gasteiger partial charge in [0.05, 0.1) is 11.6 Å². The van der Waals surface area contributed by atoms with E-state index in [0.29, 0.717) is 18.2 Å². The minimum absolute atomic E-state index is 0.181. The lowest BCUT2D eigenvalue weighted by Crippen LogP contribution is -2.34. The molecule has 5 heteroatoms. The number of carbonyl (C=O) groups is 1. The first kappa shape index (κ1) is 17.6. The van der Waals surface area contributed by atoms with Gasteiger partial charge in [-0.3, -0.25) is 4.79 Å². The van der Waals surface area contributed by atoms with Crippen molar-refractivity contribution in [1.29, 1.82) is 0 Å². The monoisotopic (exact) mass is 350 g/mol. The molecule has 132 valence electrons. The van der Waals surface area contributed by atoms with E-state index in [9.17, 15) is 4.79 Å². The maximum atomic E-state index is 12.2. The molecule has 3 rings (SSSR count). The summed E-state index contributed by atoms with van der Waals surface area (Å²) in [5.74, 6) is 1.17. The van der Waals surface area contributed by atoms with Gasteiger partial charge in [0.15, 0.2) is 0 Å². The fourth-order valence-corrected chi connectivity index (χ4v) is 3.93.